The molecule has 2 aromatic carbocycles. The van der Waals surface area contributed by atoms with E-state index in [1.54, 1.807) is 24.3 Å². The molecule has 0 saturated heterocycles. The third-order valence-electron chi connectivity index (χ3n) is 3.82. The second-order valence-corrected chi connectivity index (χ2v) is 5.91. The van der Waals surface area contributed by atoms with Crippen LogP contribution in [-0.2, 0) is 9.59 Å². The van der Waals surface area contributed by atoms with Crippen LogP contribution in [0.2, 0.25) is 0 Å². The Labute approximate surface area is 161 Å². The van der Waals surface area contributed by atoms with Gasteiger partial charge in [-0.15, -0.1) is 0 Å². The van der Waals surface area contributed by atoms with Crippen LogP contribution in [0.5, 0.6) is 5.75 Å². The first-order valence-corrected chi connectivity index (χ1v) is 8.66. The second-order valence-electron chi connectivity index (χ2n) is 5.91. The van der Waals surface area contributed by atoms with Crippen molar-refractivity contribution in [2.75, 3.05) is 13.2 Å². The molecule has 0 bridgehead atoms. The number of hydrogen-bond acceptors (Lipinski definition) is 4. The predicted molar refractivity (Wildman–Crippen MR) is 99.5 cm³/mol. The molecule has 2 amide bonds. The van der Waals surface area contributed by atoms with Crippen LogP contribution in [0.15, 0.2) is 48.5 Å². The number of carbonyl (C=O) groups excluding carboxylic acids is 2. The van der Waals surface area contributed by atoms with Crippen molar-refractivity contribution < 1.29 is 28.6 Å². The lowest BCUT2D eigenvalue weighted by Gasteiger charge is -2.17. The van der Waals surface area contributed by atoms with E-state index >= 15 is 0 Å². The van der Waals surface area contributed by atoms with Crippen molar-refractivity contribution in [2.45, 2.75) is 19.4 Å². The number of ether oxygens (including phenoxy) is 1. The maximum Gasteiger partial charge on any atom is 0.305 e. The fraction of sp³-hybridized carbons (Fsp3) is 0.250. The normalized spacial score (nSPS) is 11.4. The van der Waals surface area contributed by atoms with Crippen LogP contribution in [0.1, 0.15) is 35.3 Å². The molecule has 0 heterocycles. The molecule has 0 spiro atoms. The fourth-order valence-corrected chi connectivity index (χ4v) is 2.50. The van der Waals surface area contributed by atoms with Gasteiger partial charge in [0.15, 0.2) is 0 Å². The average Bonchev–Trinajstić information content (AvgIpc) is 2.67. The molecule has 1 atom stereocenters. The third-order valence-corrected chi connectivity index (χ3v) is 3.82. The van der Waals surface area contributed by atoms with Gasteiger partial charge < -0.3 is 20.5 Å². The van der Waals surface area contributed by atoms with Gasteiger partial charge in [0.25, 0.3) is 5.91 Å². The molecule has 148 valence electrons. The number of amides is 2. The maximum atomic E-state index is 13.1. The molecule has 0 fully saturated rings. The minimum absolute atomic E-state index is 0.330. The molecule has 0 aliphatic rings. The lowest BCUT2D eigenvalue weighted by molar-refractivity contribution is -0.137. The first-order chi connectivity index (χ1) is 13.4. The summed E-state index contributed by atoms with van der Waals surface area (Å²) in [6, 6.07) is 10.8. The number of hydrogen-bond donors (Lipinski definition) is 3. The lowest BCUT2D eigenvalue weighted by atomic mass is 10.0. The van der Waals surface area contributed by atoms with E-state index in [2.05, 4.69) is 10.6 Å². The van der Waals surface area contributed by atoms with Crippen LogP contribution >= 0.6 is 0 Å². The van der Waals surface area contributed by atoms with E-state index in [4.69, 9.17) is 9.84 Å². The Kier molecular flexibility index (Phi) is 7.50. The Morgan fingerprint density at radius 2 is 1.71 bits per heavy atom. The predicted octanol–water partition coefficient (Wildman–Crippen LogP) is 2.29. The molecule has 2 rings (SSSR count). The monoisotopic (exact) mass is 388 g/mol. The number of carboxylic acid groups (broad SMARTS) is 1. The van der Waals surface area contributed by atoms with Gasteiger partial charge in [0, 0.05) is 5.56 Å². The van der Waals surface area contributed by atoms with E-state index in [9.17, 15) is 18.8 Å². The number of nitrogens with one attached hydrogen (secondary N) is 2. The Morgan fingerprint density at radius 3 is 2.29 bits per heavy atom. The number of aliphatic carboxylic acids is 1. The third kappa shape index (κ3) is 6.39. The molecular formula is C20H21FN2O5. The van der Waals surface area contributed by atoms with Gasteiger partial charge in [-0.1, -0.05) is 12.1 Å². The SMILES string of the molecule is CCOc1ccc(C(=O)NCC(=O)NC(CC(=O)O)c2ccc(F)cc2)cc1. The van der Waals surface area contributed by atoms with Gasteiger partial charge in [-0.05, 0) is 48.9 Å². The maximum absolute atomic E-state index is 13.1. The second kappa shape index (κ2) is 10.1. The van der Waals surface area contributed by atoms with E-state index in [0.717, 1.165) is 0 Å². The molecule has 8 heteroatoms. The Morgan fingerprint density at radius 1 is 1.07 bits per heavy atom. The molecular weight excluding hydrogens is 367 g/mol. The van der Waals surface area contributed by atoms with Crippen molar-refractivity contribution in [1.29, 1.82) is 0 Å². The smallest absolute Gasteiger partial charge is 0.305 e. The summed E-state index contributed by atoms with van der Waals surface area (Å²) in [5.41, 5.74) is 0.812. The van der Waals surface area contributed by atoms with Crippen molar-refractivity contribution in [2.24, 2.45) is 0 Å². The molecule has 28 heavy (non-hydrogen) atoms. The van der Waals surface area contributed by atoms with Crippen molar-refractivity contribution in [3.8, 4) is 5.75 Å². The Bertz CT molecular complexity index is 821. The van der Waals surface area contributed by atoms with Crippen LogP contribution in [0.3, 0.4) is 0 Å². The molecule has 0 aromatic heterocycles. The zero-order valence-corrected chi connectivity index (χ0v) is 15.3. The van der Waals surface area contributed by atoms with E-state index in [-0.39, 0.29) is 13.0 Å². The highest BCUT2D eigenvalue weighted by Gasteiger charge is 2.18. The van der Waals surface area contributed by atoms with Crippen molar-refractivity contribution in [3.63, 3.8) is 0 Å². The van der Waals surface area contributed by atoms with Gasteiger partial charge in [0.1, 0.15) is 11.6 Å². The molecule has 2 aromatic rings. The Balaban J connectivity index is 1.93. The van der Waals surface area contributed by atoms with E-state index < -0.39 is 29.6 Å². The summed E-state index contributed by atoms with van der Waals surface area (Å²) in [4.78, 5) is 35.3. The molecule has 0 aliphatic carbocycles. The van der Waals surface area contributed by atoms with Gasteiger partial charge in [-0.3, -0.25) is 14.4 Å². The summed E-state index contributed by atoms with van der Waals surface area (Å²) in [7, 11) is 0. The number of rotatable bonds is 9. The molecule has 3 N–H and O–H groups in total. The molecule has 0 radical (unpaired) electrons. The minimum Gasteiger partial charge on any atom is -0.494 e. The van der Waals surface area contributed by atoms with Crippen molar-refractivity contribution in [1.82, 2.24) is 10.6 Å². The van der Waals surface area contributed by atoms with Gasteiger partial charge in [0.2, 0.25) is 5.91 Å². The van der Waals surface area contributed by atoms with Crippen LogP contribution in [-0.4, -0.2) is 36.0 Å². The molecule has 7 nitrogen and oxygen atoms in total. The largest absolute Gasteiger partial charge is 0.494 e. The van der Waals surface area contributed by atoms with Crippen molar-refractivity contribution in [3.05, 3.63) is 65.5 Å². The van der Waals surface area contributed by atoms with E-state index in [0.29, 0.717) is 23.5 Å². The number of carboxylic acids is 1. The zero-order valence-electron chi connectivity index (χ0n) is 15.3. The van der Waals surface area contributed by atoms with Gasteiger partial charge >= 0.3 is 5.97 Å². The number of benzene rings is 2. The van der Waals surface area contributed by atoms with Crippen LogP contribution in [0, 0.1) is 5.82 Å². The summed E-state index contributed by atoms with van der Waals surface area (Å²) in [6.45, 7) is 2.03. The quantitative estimate of drug-likeness (QED) is 0.611. The highest BCUT2D eigenvalue weighted by molar-refractivity contribution is 5.96. The molecule has 0 aliphatic heterocycles. The van der Waals surface area contributed by atoms with E-state index in [1.165, 1.54) is 24.3 Å². The van der Waals surface area contributed by atoms with Gasteiger partial charge in [-0.25, -0.2) is 4.39 Å². The van der Waals surface area contributed by atoms with Crippen LogP contribution < -0.4 is 15.4 Å². The Hall–Kier alpha value is -3.42. The highest BCUT2D eigenvalue weighted by atomic mass is 19.1. The fourth-order valence-electron chi connectivity index (χ4n) is 2.50. The summed E-state index contributed by atoms with van der Waals surface area (Å²) in [6.07, 6.45) is -0.371. The van der Waals surface area contributed by atoms with Gasteiger partial charge in [-0.2, -0.15) is 0 Å². The first kappa shape index (κ1) is 20.9. The average molecular weight is 388 g/mol. The number of carbonyl (C=O) groups is 3. The zero-order chi connectivity index (χ0) is 20.5. The minimum atomic E-state index is -1.12. The summed E-state index contributed by atoms with van der Waals surface area (Å²) in [5, 5.41) is 14.0. The summed E-state index contributed by atoms with van der Waals surface area (Å²) in [5.74, 6) is -1.96. The lowest BCUT2D eigenvalue weighted by Crippen LogP contribution is -2.39. The summed E-state index contributed by atoms with van der Waals surface area (Å²) >= 11 is 0. The van der Waals surface area contributed by atoms with Crippen molar-refractivity contribution >= 4 is 17.8 Å². The topological polar surface area (TPSA) is 105 Å². The number of halogens is 1. The molecule has 1 unspecified atom stereocenters. The van der Waals surface area contributed by atoms with Crippen LogP contribution in [0.4, 0.5) is 4.39 Å². The summed E-state index contributed by atoms with van der Waals surface area (Å²) < 4.78 is 18.4. The molecule has 0 saturated carbocycles. The standard InChI is InChI=1S/C20H21FN2O5/c1-2-28-16-9-5-14(6-10-16)20(27)22-12-18(24)23-17(11-19(25)26)13-3-7-15(21)8-4-13/h3-10,17H,2,11-12H2,1H3,(H,22,27)(H,23,24)(H,25,26). The van der Waals surface area contributed by atoms with Gasteiger partial charge in [0.05, 0.1) is 25.6 Å². The first-order valence-electron chi connectivity index (χ1n) is 8.66. The van der Waals surface area contributed by atoms with E-state index in [1.807, 2.05) is 6.92 Å². The van der Waals surface area contributed by atoms with Crippen LogP contribution in [0.25, 0.3) is 0 Å². The highest BCUT2D eigenvalue weighted by Crippen LogP contribution is 2.17.